The Morgan fingerprint density at radius 1 is 1.28 bits per heavy atom. The van der Waals surface area contributed by atoms with Crippen molar-refractivity contribution in [1.82, 2.24) is 0 Å². The van der Waals surface area contributed by atoms with E-state index in [0.29, 0.717) is 5.92 Å². The predicted octanol–water partition coefficient (Wildman–Crippen LogP) is 4.73. The van der Waals surface area contributed by atoms with Gasteiger partial charge < -0.3 is 5.73 Å². The highest BCUT2D eigenvalue weighted by Gasteiger charge is 2.37. The SMILES string of the molecule is CCC(CC)c1ccc(C2(CN)CCC2)cc1Br. The zero-order valence-corrected chi connectivity index (χ0v) is 13.1. The van der Waals surface area contributed by atoms with Crippen LogP contribution in [0.5, 0.6) is 0 Å². The topological polar surface area (TPSA) is 26.0 Å². The Bertz CT molecular complexity index is 400. The summed E-state index contributed by atoms with van der Waals surface area (Å²) in [5, 5.41) is 0. The van der Waals surface area contributed by atoms with Crippen molar-refractivity contribution in [2.45, 2.75) is 57.3 Å². The molecule has 0 spiro atoms. The first-order valence-corrected chi connectivity index (χ1v) is 7.96. The average Bonchev–Trinajstić information content (AvgIpc) is 2.32. The monoisotopic (exact) mass is 309 g/mol. The van der Waals surface area contributed by atoms with Crippen LogP contribution in [-0.2, 0) is 5.41 Å². The lowest BCUT2D eigenvalue weighted by atomic mass is 9.64. The van der Waals surface area contributed by atoms with Crippen molar-refractivity contribution in [1.29, 1.82) is 0 Å². The predicted molar refractivity (Wildman–Crippen MR) is 82.0 cm³/mol. The van der Waals surface area contributed by atoms with Gasteiger partial charge in [0.15, 0.2) is 0 Å². The minimum Gasteiger partial charge on any atom is -0.330 e. The molecule has 2 N–H and O–H groups in total. The second-order valence-corrected chi connectivity index (χ2v) is 6.44. The number of benzene rings is 1. The Labute approximate surface area is 119 Å². The van der Waals surface area contributed by atoms with Crippen LogP contribution in [0.4, 0.5) is 0 Å². The molecule has 0 bridgehead atoms. The van der Waals surface area contributed by atoms with E-state index in [9.17, 15) is 0 Å². The Morgan fingerprint density at radius 2 is 1.94 bits per heavy atom. The number of halogens is 1. The fourth-order valence-corrected chi connectivity index (χ4v) is 3.83. The summed E-state index contributed by atoms with van der Waals surface area (Å²) in [6.45, 7) is 5.31. The zero-order valence-electron chi connectivity index (χ0n) is 11.5. The number of hydrogen-bond donors (Lipinski definition) is 1. The quantitative estimate of drug-likeness (QED) is 0.835. The Kier molecular flexibility index (Phi) is 4.50. The molecule has 1 aliphatic rings. The van der Waals surface area contributed by atoms with Crippen molar-refractivity contribution >= 4 is 15.9 Å². The highest BCUT2D eigenvalue weighted by molar-refractivity contribution is 9.10. The number of hydrogen-bond acceptors (Lipinski definition) is 1. The molecule has 18 heavy (non-hydrogen) atoms. The van der Waals surface area contributed by atoms with Gasteiger partial charge in [-0.05, 0) is 48.8 Å². The zero-order chi connectivity index (χ0) is 13.2. The van der Waals surface area contributed by atoms with E-state index in [0.717, 1.165) is 6.54 Å². The summed E-state index contributed by atoms with van der Waals surface area (Å²) < 4.78 is 1.27. The summed E-state index contributed by atoms with van der Waals surface area (Å²) in [5.41, 5.74) is 9.14. The molecule has 2 rings (SSSR count). The number of rotatable bonds is 5. The van der Waals surface area contributed by atoms with E-state index < -0.39 is 0 Å². The molecule has 1 aliphatic carbocycles. The fraction of sp³-hybridized carbons (Fsp3) is 0.625. The van der Waals surface area contributed by atoms with Crippen LogP contribution in [-0.4, -0.2) is 6.54 Å². The summed E-state index contributed by atoms with van der Waals surface area (Å²) in [6.07, 6.45) is 6.23. The van der Waals surface area contributed by atoms with Crippen molar-refractivity contribution in [2.75, 3.05) is 6.54 Å². The molecule has 100 valence electrons. The molecule has 0 atom stereocenters. The van der Waals surface area contributed by atoms with Crippen LogP contribution in [0.25, 0.3) is 0 Å². The third-order valence-electron chi connectivity index (χ3n) is 4.74. The molecule has 0 saturated heterocycles. The van der Waals surface area contributed by atoms with Gasteiger partial charge >= 0.3 is 0 Å². The second kappa shape index (κ2) is 5.75. The Balaban J connectivity index is 2.30. The van der Waals surface area contributed by atoms with E-state index in [1.54, 1.807) is 0 Å². The van der Waals surface area contributed by atoms with Crippen molar-refractivity contribution < 1.29 is 0 Å². The molecule has 1 saturated carbocycles. The lowest BCUT2D eigenvalue weighted by Gasteiger charge is -2.41. The summed E-state index contributed by atoms with van der Waals surface area (Å²) >= 11 is 3.76. The summed E-state index contributed by atoms with van der Waals surface area (Å²) in [6, 6.07) is 6.94. The second-order valence-electron chi connectivity index (χ2n) is 5.59. The lowest BCUT2D eigenvalue weighted by Crippen LogP contribution is -2.41. The van der Waals surface area contributed by atoms with E-state index in [4.69, 9.17) is 5.73 Å². The fourth-order valence-electron chi connectivity index (χ4n) is 3.13. The van der Waals surface area contributed by atoms with E-state index in [1.165, 1.54) is 47.7 Å². The maximum Gasteiger partial charge on any atom is 0.0213 e. The van der Waals surface area contributed by atoms with Crippen molar-refractivity contribution in [3.63, 3.8) is 0 Å². The van der Waals surface area contributed by atoms with Gasteiger partial charge in [-0.15, -0.1) is 0 Å². The van der Waals surface area contributed by atoms with Crippen LogP contribution < -0.4 is 5.73 Å². The molecule has 0 aromatic heterocycles. The number of nitrogens with two attached hydrogens (primary N) is 1. The lowest BCUT2D eigenvalue weighted by molar-refractivity contribution is 0.253. The molecule has 0 aliphatic heterocycles. The van der Waals surface area contributed by atoms with Crippen LogP contribution in [0.2, 0.25) is 0 Å². The van der Waals surface area contributed by atoms with Crippen molar-refractivity contribution in [3.8, 4) is 0 Å². The van der Waals surface area contributed by atoms with Crippen LogP contribution in [0.1, 0.15) is 63.0 Å². The van der Waals surface area contributed by atoms with Gasteiger partial charge in [-0.3, -0.25) is 0 Å². The van der Waals surface area contributed by atoms with Gasteiger partial charge in [-0.1, -0.05) is 48.3 Å². The summed E-state index contributed by atoms with van der Waals surface area (Å²) in [7, 11) is 0. The van der Waals surface area contributed by atoms with E-state index in [1.807, 2.05) is 0 Å². The Morgan fingerprint density at radius 3 is 2.33 bits per heavy atom. The molecular weight excluding hydrogens is 286 g/mol. The smallest absolute Gasteiger partial charge is 0.0213 e. The summed E-state index contributed by atoms with van der Waals surface area (Å²) in [4.78, 5) is 0. The molecule has 0 heterocycles. The van der Waals surface area contributed by atoms with E-state index in [-0.39, 0.29) is 5.41 Å². The van der Waals surface area contributed by atoms with Gasteiger partial charge in [0.25, 0.3) is 0 Å². The largest absolute Gasteiger partial charge is 0.330 e. The third-order valence-corrected chi connectivity index (χ3v) is 5.43. The van der Waals surface area contributed by atoms with Gasteiger partial charge in [-0.25, -0.2) is 0 Å². The molecule has 1 nitrogen and oxygen atoms in total. The molecular formula is C16H24BrN. The highest BCUT2D eigenvalue weighted by atomic mass is 79.9. The normalized spacial score (nSPS) is 17.8. The maximum atomic E-state index is 5.99. The van der Waals surface area contributed by atoms with Crippen LogP contribution in [0.3, 0.4) is 0 Å². The minimum absolute atomic E-state index is 0.273. The van der Waals surface area contributed by atoms with Gasteiger partial charge in [0, 0.05) is 16.4 Å². The molecule has 2 heteroatoms. The van der Waals surface area contributed by atoms with E-state index in [2.05, 4.69) is 48.0 Å². The highest BCUT2D eigenvalue weighted by Crippen LogP contribution is 2.44. The standard InChI is InChI=1S/C16H24BrN/c1-3-12(4-2)14-7-6-13(10-15(14)17)16(11-18)8-5-9-16/h6-7,10,12H,3-5,8-9,11,18H2,1-2H3. The van der Waals surface area contributed by atoms with Crippen molar-refractivity contribution in [3.05, 3.63) is 33.8 Å². The van der Waals surface area contributed by atoms with E-state index >= 15 is 0 Å². The molecule has 0 radical (unpaired) electrons. The first-order chi connectivity index (χ1) is 8.66. The average molecular weight is 310 g/mol. The van der Waals surface area contributed by atoms with Gasteiger partial charge in [0.2, 0.25) is 0 Å². The van der Waals surface area contributed by atoms with Crippen LogP contribution in [0, 0.1) is 0 Å². The molecule has 1 fully saturated rings. The van der Waals surface area contributed by atoms with Crippen molar-refractivity contribution in [2.24, 2.45) is 5.73 Å². The first-order valence-electron chi connectivity index (χ1n) is 7.17. The molecule has 1 aromatic carbocycles. The van der Waals surface area contributed by atoms with Gasteiger partial charge in [0.1, 0.15) is 0 Å². The third kappa shape index (κ3) is 2.37. The van der Waals surface area contributed by atoms with Crippen LogP contribution in [0.15, 0.2) is 22.7 Å². The Hall–Kier alpha value is -0.340. The van der Waals surface area contributed by atoms with Crippen LogP contribution >= 0.6 is 15.9 Å². The van der Waals surface area contributed by atoms with Gasteiger partial charge in [-0.2, -0.15) is 0 Å². The maximum absolute atomic E-state index is 5.99. The van der Waals surface area contributed by atoms with Gasteiger partial charge in [0.05, 0.1) is 0 Å². The molecule has 0 amide bonds. The molecule has 1 aromatic rings. The summed E-state index contributed by atoms with van der Waals surface area (Å²) in [5.74, 6) is 0.670. The minimum atomic E-state index is 0.273. The molecule has 0 unspecified atom stereocenters. The first kappa shape index (κ1) is 14.1.